The second-order valence-corrected chi connectivity index (χ2v) is 10.3. The molecule has 1 aliphatic carbocycles. The van der Waals surface area contributed by atoms with Gasteiger partial charge in [0.2, 0.25) is 0 Å². The van der Waals surface area contributed by atoms with Crippen LogP contribution in [0.1, 0.15) is 68.1 Å². The largest absolute Gasteiger partial charge is 0.481 e. The van der Waals surface area contributed by atoms with Gasteiger partial charge in [0.05, 0.1) is 29.7 Å². The Morgan fingerprint density at radius 2 is 1.93 bits per heavy atom. The molecule has 0 bridgehead atoms. The summed E-state index contributed by atoms with van der Waals surface area (Å²) >= 11 is 0. The van der Waals surface area contributed by atoms with Crippen molar-refractivity contribution in [3.05, 3.63) is 53.1 Å². The molecule has 1 aromatic heterocycles. The van der Waals surface area contributed by atoms with E-state index in [1.54, 1.807) is 16.7 Å². The van der Waals surface area contributed by atoms with Crippen molar-refractivity contribution in [1.82, 2.24) is 9.55 Å². The number of imidazole rings is 1. The van der Waals surface area contributed by atoms with Gasteiger partial charge in [0.1, 0.15) is 23.5 Å². The molecule has 2 aliphatic rings. The lowest BCUT2D eigenvalue weighted by molar-refractivity contribution is -0.143. The van der Waals surface area contributed by atoms with Crippen molar-refractivity contribution in [2.45, 2.75) is 70.2 Å². The highest BCUT2D eigenvalue weighted by molar-refractivity contribution is 5.95. The minimum atomic E-state index is -3.21. The average Bonchev–Trinajstić information content (AvgIpc) is 3.33. The molecule has 9 nitrogen and oxygen atoms in total. The van der Waals surface area contributed by atoms with Crippen LogP contribution in [0.15, 0.2) is 30.3 Å². The third kappa shape index (κ3) is 4.96. The number of benzene rings is 2. The molecule has 12 heteroatoms. The van der Waals surface area contributed by atoms with E-state index in [1.165, 1.54) is 12.0 Å². The quantitative estimate of drug-likeness (QED) is 0.404. The summed E-state index contributed by atoms with van der Waals surface area (Å²) < 4.78 is 51.9. The van der Waals surface area contributed by atoms with E-state index in [2.05, 4.69) is 4.74 Å². The first-order valence-corrected chi connectivity index (χ1v) is 13.2. The highest BCUT2D eigenvalue weighted by Gasteiger charge is 2.36. The number of aryl methyl sites for hydroxylation is 1. The monoisotopic (exact) mass is 561 g/mol. The lowest BCUT2D eigenvalue weighted by atomic mass is 9.85. The van der Waals surface area contributed by atoms with Crippen molar-refractivity contribution in [2.75, 3.05) is 12.0 Å². The van der Waals surface area contributed by atoms with Gasteiger partial charge in [-0.1, -0.05) is 6.42 Å². The number of hydrogen-bond acceptors (Lipinski definition) is 6. The number of carbonyl (C=O) groups is 2. The third-order valence-corrected chi connectivity index (χ3v) is 7.94. The molecule has 4 atom stereocenters. The lowest BCUT2D eigenvalue weighted by Crippen LogP contribution is -2.42. The Bertz CT molecular complexity index is 1440. The molecule has 2 N–H and O–H groups in total. The zero-order chi connectivity index (χ0) is 28.7. The van der Waals surface area contributed by atoms with Crippen LogP contribution in [0.5, 0.6) is 5.75 Å². The van der Waals surface area contributed by atoms with Crippen LogP contribution >= 0.6 is 0 Å². The minimum Gasteiger partial charge on any atom is -0.481 e. The number of anilines is 1. The molecule has 40 heavy (non-hydrogen) atoms. The highest BCUT2D eigenvalue weighted by Crippen LogP contribution is 2.43. The predicted molar refractivity (Wildman–Crippen MR) is 138 cm³/mol. The van der Waals surface area contributed by atoms with Crippen molar-refractivity contribution >= 4 is 28.8 Å². The van der Waals surface area contributed by atoms with Gasteiger partial charge in [-0.25, -0.2) is 14.2 Å². The summed E-state index contributed by atoms with van der Waals surface area (Å²) in [7, 11) is 1.30. The van der Waals surface area contributed by atoms with Crippen LogP contribution in [0.4, 0.5) is 23.7 Å². The van der Waals surface area contributed by atoms with Gasteiger partial charge in [0, 0.05) is 23.2 Å². The fourth-order valence-electron chi connectivity index (χ4n) is 6.07. The smallest absolute Gasteiger partial charge is 0.414 e. The van der Waals surface area contributed by atoms with Crippen LogP contribution in [0, 0.1) is 11.7 Å². The summed E-state index contributed by atoms with van der Waals surface area (Å²) in [4.78, 5) is 30.8. The number of carbonyl (C=O) groups excluding carboxylic acids is 1. The van der Waals surface area contributed by atoms with Crippen molar-refractivity contribution in [1.29, 1.82) is 0 Å². The Morgan fingerprint density at radius 1 is 1.15 bits per heavy atom. The van der Waals surface area contributed by atoms with Crippen LogP contribution in [-0.2, 0) is 16.0 Å². The van der Waals surface area contributed by atoms with Crippen LogP contribution in [0.3, 0.4) is 0 Å². The molecule has 0 saturated heterocycles. The van der Waals surface area contributed by atoms with Crippen LogP contribution < -0.4 is 9.64 Å². The molecule has 2 aromatic carbocycles. The first-order chi connectivity index (χ1) is 19.1. The van der Waals surface area contributed by atoms with E-state index >= 15 is 0 Å². The Morgan fingerprint density at radius 3 is 2.62 bits per heavy atom. The van der Waals surface area contributed by atoms with Crippen molar-refractivity contribution < 1.29 is 42.4 Å². The number of carboxylic acids is 1. The van der Waals surface area contributed by atoms with Gasteiger partial charge in [-0.3, -0.25) is 9.69 Å². The van der Waals surface area contributed by atoms with E-state index in [4.69, 9.17) is 9.72 Å². The first-order valence-electron chi connectivity index (χ1n) is 13.2. The van der Waals surface area contributed by atoms with Crippen molar-refractivity contribution in [2.24, 2.45) is 5.92 Å². The number of amides is 1. The topological polar surface area (TPSA) is 114 Å². The summed E-state index contributed by atoms with van der Waals surface area (Å²) in [6, 6.07) is 5.89. The Labute approximate surface area is 228 Å². The number of aliphatic carboxylic acids is 1. The number of methoxy groups -OCH3 is 1. The van der Waals surface area contributed by atoms with Gasteiger partial charge in [0.15, 0.2) is 0 Å². The van der Waals surface area contributed by atoms with Gasteiger partial charge in [0.25, 0.3) is 0 Å². The predicted octanol–water partition coefficient (Wildman–Crippen LogP) is 5.58. The molecule has 0 spiro atoms. The summed E-state index contributed by atoms with van der Waals surface area (Å²) in [6.45, 7) is -1.30. The highest BCUT2D eigenvalue weighted by atomic mass is 19.3. The zero-order valence-corrected chi connectivity index (χ0v) is 22.0. The van der Waals surface area contributed by atoms with E-state index < -0.39 is 42.3 Å². The molecule has 1 saturated carbocycles. The molecule has 5 rings (SSSR count). The number of alkyl halides is 2. The number of carboxylic acid groups (broad SMARTS) is 1. The van der Waals surface area contributed by atoms with Gasteiger partial charge >= 0.3 is 18.7 Å². The normalized spacial score (nSPS) is 21.8. The van der Waals surface area contributed by atoms with Gasteiger partial charge in [-0.05, 0) is 69.4 Å². The number of hydrogen-bond donors (Lipinski definition) is 2. The number of aromatic nitrogens is 2. The van der Waals surface area contributed by atoms with E-state index in [9.17, 15) is 33.0 Å². The summed E-state index contributed by atoms with van der Waals surface area (Å²) in [5.41, 5.74) is 2.18. The fourth-order valence-corrected chi connectivity index (χ4v) is 6.07. The van der Waals surface area contributed by atoms with Crippen molar-refractivity contribution in [3.8, 4) is 5.75 Å². The number of aliphatic hydroxyl groups excluding tert-OH is 1. The molecule has 2 heterocycles. The van der Waals surface area contributed by atoms with Crippen LogP contribution in [0.25, 0.3) is 11.0 Å². The van der Waals surface area contributed by atoms with Gasteiger partial charge in [-0.15, -0.1) is 0 Å². The number of aliphatic hydroxyl groups is 1. The standard InChI is InChI=1S/C28H30F3N3O6/c1-14-6-8-18-20(33(14)28(38)39-2)9-10-21-23(18)32-25(34(21)17-5-3-4-15(12-17)26(36)37)24(35)19-13-16(29)7-11-22(19)40-27(30)31/h7,9-11,13-15,17,24,27,35H,3-6,8,12H2,1-2H3,(H,36,37)/t14-,15-,17?,24-/m0/s1. The fraction of sp³-hybridized carbons (Fsp3) is 0.464. The second-order valence-electron chi connectivity index (χ2n) is 10.3. The Hall–Kier alpha value is -3.80. The molecule has 1 amide bonds. The summed E-state index contributed by atoms with van der Waals surface area (Å²) in [6.07, 6.45) is 0.980. The maximum absolute atomic E-state index is 14.3. The first kappa shape index (κ1) is 27.8. The SMILES string of the molecule is COC(=O)N1c2ccc3c(nc([C@@H](O)c4cc(F)ccc4OC(F)F)n3C3CCC[C@H](C(=O)O)C3)c2CC[C@@H]1C. The molecule has 3 aromatic rings. The second kappa shape index (κ2) is 11.0. The van der Waals surface area contributed by atoms with E-state index in [0.717, 1.165) is 23.8 Å². The average molecular weight is 562 g/mol. The Kier molecular flexibility index (Phi) is 7.63. The number of nitrogens with zero attached hydrogens (tertiary/aromatic N) is 3. The number of fused-ring (bicyclic) bond motifs is 3. The third-order valence-electron chi connectivity index (χ3n) is 7.94. The van der Waals surface area contributed by atoms with Crippen LogP contribution in [0.2, 0.25) is 0 Å². The molecular formula is C28H30F3N3O6. The minimum absolute atomic E-state index is 0.0485. The maximum atomic E-state index is 14.3. The lowest BCUT2D eigenvalue weighted by Gasteiger charge is -2.34. The Balaban J connectivity index is 1.71. The summed E-state index contributed by atoms with van der Waals surface area (Å²) in [5.74, 6) is -2.65. The number of ether oxygens (including phenoxy) is 2. The summed E-state index contributed by atoms with van der Waals surface area (Å²) in [5, 5.41) is 21.3. The van der Waals surface area contributed by atoms with Gasteiger partial charge in [-0.2, -0.15) is 8.78 Å². The maximum Gasteiger partial charge on any atom is 0.414 e. The molecule has 0 radical (unpaired) electrons. The molecular weight excluding hydrogens is 531 g/mol. The van der Waals surface area contributed by atoms with Gasteiger partial charge < -0.3 is 24.3 Å². The van der Waals surface area contributed by atoms with E-state index in [0.29, 0.717) is 48.8 Å². The molecule has 1 aliphatic heterocycles. The molecule has 1 fully saturated rings. The van der Waals surface area contributed by atoms with E-state index in [1.807, 2.05) is 6.92 Å². The van der Waals surface area contributed by atoms with E-state index in [-0.39, 0.29) is 29.9 Å². The number of halogens is 3. The number of rotatable bonds is 6. The molecule has 1 unspecified atom stereocenters. The zero-order valence-electron chi connectivity index (χ0n) is 22.0. The van der Waals surface area contributed by atoms with Crippen LogP contribution in [-0.4, -0.2) is 51.6 Å². The van der Waals surface area contributed by atoms with Crippen molar-refractivity contribution in [3.63, 3.8) is 0 Å². The molecule has 214 valence electrons.